The summed E-state index contributed by atoms with van der Waals surface area (Å²) in [5.74, 6) is 0.843. The van der Waals surface area contributed by atoms with Crippen molar-refractivity contribution in [1.82, 2.24) is 9.78 Å². The third-order valence-corrected chi connectivity index (χ3v) is 4.49. The normalized spacial score (nSPS) is 25.3. The van der Waals surface area contributed by atoms with Crippen molar-refractivity contribution in [3.63, 3.8) is 0 Å². The van der Waals surface area contributed by atoms with Gasteiger partial charge in [-0.3, -0.25) is 4.68 Å². The molecule has 0 N–H and O–H groups in total. The number of nitrogens with zero attached hydrogens (tertiary/aromatic N) is 2. The molecule has 0 radical (unpaired) electrons. The van der Waals surface area contributed by atoms with E-state index in [1.54, 1.807) is 0 Å². The van der Waals surface area contributed by atoms with E-state index in [1.165, 1.54) is 40.2 Å². The number of benzene rings is 1. The topological polar surface area (TPSA) is 17.8 Å². The van der Waals surface area contributed by atoms with Gasteiger partial charge in [0.2, 0.25) is 0 Å². The minimum Gasteiger partial charge on any atom is -0.262 e. The van der Waals surface area contributed by atoms with Gasteiger partial charge in [-0.2, -0.15) is 5.10 Å². The molecule has 2 nitrogen and oxygen atoms in total. The summed E-state index contributed by atoms with van der Waals surface area (Å²) in [4.78, 5) is 0. The van der Waals surface area contributed by atoms with Gasteiger partial charge in [0.1, 0.15) is 0 Å². The number of hydrogen-bond donors (Lipinski definition) is 0. The summed E-state index contributed by atoms with van der Waals surface area (Å²) in [5.41, 5.74) is 1.30. The Hall–Kier alpha value is -0.580. The van der Waals surface area contributed by atoms with Gasteiger partial charge in [-0.05, 0) is 53.5 Å². The first kappa shape index (κ1) is 11.5. The molecular formula is C14H17IN2. The van der Waals surface area contributed by atoms with Gasteiger partial charge in [-0.1, -0.05) is 25.8 Å². The first-order valence-electron chi connectivity index (χ1n) is 6.37. The number of hydrogen-bond acceptors (Lipinski definition) is 1. The van der Waals surface area contributed by atoms with Crippen molar-refractivity contribution in [2.24, 2.45) is 5.92 Å². The summed E-state index contributed by atoms with van der Waals surface area (Å²) in [6.07, 6.45) is 7.30. The second-order valence-electron chi connectivity index (χ2n) is 5.22. The van der Waals surface area contributed by atoms with E-state index in [-0.39, 0.29) is 0 Å². The van der Waals surface area contributed by atoms with Crippen LogP contribution in [0.25, 0.3) is 10.9 Å². The van der Waals surface area contributed by atoms with Gasteiger partial charge in [0.15, 0.2) is 0 Å². The summed E-state index contributed by atoms with van der Waals surface area (Å²) in [5, 5.41) is 5.88. The standard InChI is InChI=1S/C14H17IN2/c1-10-3-2-4-13(7-10)17-14-8-12(15)6-5-11(14)9-16-17/h5-6,8-10,13H,2-4,7H2,1H3. The van der Waals surface area contributed by atoms with E-state index in [4.69, 9.17) is 0 Å². The van der Waals surface area contributed by atoms with Gasteiger partial charge in [0.05, 0.1) is 17.8 Å². The maximum atomic E-state index is 4.61. The van der Waals surface area contributed by atoms with E-state index in [0.717, 1.165) is 5.92 Å². The molecule has 17 heavy (non-hydrogen) atoms. The van der Waals surface area contributed by atoms with Crippen LogP contribution in [0, 0.1) is 9.49 Å². The van der Waals surface area contributed by atoms with Crippen LogP contribution in [0.4, 0.5) is 0 Å². The molecular weight excluding hydrogens is 323 g/mol. The molecule has 1 heterocycles. The first-order chi connectivity index (χ1) is 8.24. The fourth-order valence-corrected chi connectivity index (χ4v) is 3.40. The van der Waals surface area contributed by atoms with Crippen LogP contribution in [0.3, 0.4) is 0 Å². The average Bonchev–Trinajstić information content (AvgIpc) is 2.71. The number of fused-ring (bicyclic) bond motifs is 1. The zero-order valence-electron chi connectivity index (χ0n) is 10.1. The third kappa shape index (κ3) is 2.21. The Balaban J connectivity index is 2.01. The van der Waals surface area contributed by atoms with Crippen molar-refractivity contribution in [2.45, 2.75) is 38.6 Å². The molecule has 1 fully saturated rings. The number of rotatable bonds is 1. The van der Waals surface area contributed by atoms with Crippen LogP contribution in [-0.2, 0) is 0 Å². The zero-order valence-corrected chi connectivity index (χ0v) is 12.2. The molecule has 0 bridgehead atoms. The minimum absolute atomic E-state index is 0.606. The van der Waals surface area contributed by atoms with Crippen LogP contribution >= 0.6 is 22.6 Å². The third-order valence-electron chi connectivity index (χ3n) is 3.82. The van der Waals surface area contributed by atoms with Gasteiger partial charge in [-0.25, -0.2) is 0 Å². The van der Waals surface area contributed by atoms with Gasteiger partial charge < -0.3 is 0 Å². The van der Waals surface area contributed by atoms with E-state index >= 15 is 0 Å². The average molecular weight is 340 g/mol. The Kier molecular flexibility index (Phi) is 3.11. The van der Waals surface area contributed by atoms with E-state index in [9.17, 15) is 0 Å². The highest BCUT2D eigenvalue weighted by Gasteiger charge is 2.22. The van der Waals surface area contributed by atoms with Crippen LogP contribution in [0.1, 0.15) is 38.6 Å². The molecule has 90 valence electrons. The van der Waals surface area contributed by atoms with Crippen LogP contribution in [0.15, 0.2) is 24.4 Å². The van der Waals surface area contributed by atoms with Crippen molar-refractivity contribution in [2.75, 3.05) is 0 Å². The maximum Gasteiger partial charge on any atom is 0.0696 e. The van der Waals surface area contributed by atoms with Crippen molar-refractivity contribution in [3.05, 3.63) is 28.0 Å². The van der Waals surface area contributed by atoms with Crippen LogP contribution in [0.2, 0.25) is 0 Å². The monoisotopic (exact) mass is 340 g/mol. The highest BCUT2D eigenvalue weighted by Crippen LogP contribution is 2.33. The molecule has 2 aromatic rings. The molecule has 0 aliphatic heterocycles. The lowest BCUT2D eigenvalue weighted by molar-refractivity contribution is 0.272. The lowest BCUT2D eigenvalue weighted by atomic mass is 9.87. The molecule has 3 heteroatoms. The predicted molar refractivity (Wildman–Crippen MR) is 79.1 cm³/mol. The summed E-state index contributed by atoms with van der Waals surface area (Å²) in [7, 11) is 0. The highest BCUT2D eigenvalue weighted by atomic mass is 127. The summed E-state index contributed by atoms with van der Waals surface area (Å²) < 4.78 is 3.55. The Morgan fingerprint density at radius 1 is 1.35 bits per heavy atom. The molecule has 3 rings (SSSR count). The number of halogens is 1. The van der Waals surface area contributed by atoms with Crippen LogP contribution < -0.4 is 0 Å². The highest BCUT2D eigenvalue weighted by molar-refractivity contribution is 14.1. The Bertz CT molecular complexity index is 532. The van der Waals surface area contributed by atoms with Crippen molar-refractivity contribution >= 4 is 33.5 Å². The molecule has 0 spiro atoms. The summed E-state index contributed by atoms with van der Waals surface area (Å²) >= 11 is 2.38. The second-order valence-corrected chi connectivity index (χ2v) is 6.46. The second kappa shape index (κ2) is 4.59. The lowest BCUT2D eigenvalue weighted by Gasteiger charge is -2.27. The molecule has 1 aromatic heterocycles. The Labute approximate surface area is 116 Å². The van der Waals surface area contributed by atoms with E-state index in [1.807, 2.05) is 6.20 Å². The zero-order chi connectivity index (χ0) is 11.8. The molecule has 1 aliphatic rings. The Morgan fingerprint density at radius 2 is 2.24 bits per heavy atom. The molecule has 1 aromatic carbocycles. The van der Waals surface area contributed by atoms with Gasteiger partial charge in [-0.15, -0.1) is 0 Å². The van der Waals surface area contributed by atoms with E-state index in [2.05, 4.69) is 57.5 Å². The largest absolute Gasteiger partial charge is 0.262 e. The molecule has 0 amide bonds. The SMILES string of the molecule is CC1CCCC(n2ncc3ccc(I)cc32)C1. The summed E-state index contributed by atoms with van der Waals surface area (Å²) in [6, 6.07) is 7.18. The van der Waals surface area contributed by atoms with Crippen LogP contribution in [0.5, 0.6) is 0 Å². The molecule has 0 saturated heterocycles. The van der Waals surface area contributed by atoms with Crippen molar-refractivity contribution in [1.29, 1.82) is 0 Å². The quantitative estimate of drug-likeness (QED) is 0.704. The summed E-state index contributed by atoms with van der Waals surface area (Å²) in [6.45, 7) is 2.36. The predicted octanol–water partition coefficient (Wildman–Crippen LogP) is 4.39. The fourth-order valence-electron chi connectivity index (χ4n) is 2.93. The minimum atomic E-state index is 0.606. The van der Waals surface area contributed by atoms with Crippen molar-refractivity contribution < 1.29 is 0 Å². The molecule has 2 atom stereocenters. The van der Waals surface area contributed by atoms with Gasteiger partial charge in [0.25, 0.3) is 0 Å². The lowest BCUT2D eigenvalue weighted by Crippen LogP contribution is -2.18. The first-order valence-corrected chi connectivity index (χ1v) is 7.44. The smallest absolute Gasteiger partial charge is 0.0696 e. The van der Waals surface area contributed by atoms with Gasteiger partial charge >= 0.3 is 0 Å². The fraction of sp³-hybridized carbons (Fsp3) is 0.500. The Morgan fingerprint density at radius 3 is 3.06 bits per heavy atom. The molecule has 1 saturated carbocycles. The molecule has 1 aliphatic carbocycles. The number of aromatic nitrogens is 2. The van der Waals surface area contributed by atoms with Gasteiger partial charge in [0, 0.05) is 8.96 Å². The van der Waals surface area contributed by atoms with E-state index in [0.29, 0.717) is 6.04 Å². The van der Waals surface area contributed by atoms with Crippen molar-refractivity contribution in [3.8, 4) is 0 Å². The van der Waals surface area contributed by atoms with Crippen LogP contribution in [-0.4, -0.2) is 9.78 Å². The maximum absolute atomic E-state index is 4.61. The van der Waals surface area contributed by atoms with E-state index < -0.39 is 0 Å². The molecule has 2 unspecified atom stereocenters.